The molecule has 0 atom stereocenters. The first-order valence-electron chi connectivity index (χ1n) is 10.3. The minimum absolute atomic E-state index is 0. The minimum Gasteiger partial charge on any atom is -0.361 e. The largest absolute Gasteiger partial charge is 0.401 e. The summed E-state index contributed by atoms with van der Waals surface area (Å²) in [5, 5.41) is 7.41. The van der Waals surface area contributed by atoms with Gasteiger partial charge in [0.1, 0.15) is 5.82 Å². The lowest BCUT2D eigenvalue weighted by atomic mass is 9.93. The van der Waals surface area contributed by atoms with Crippen molar-refractivity contribution in [2.45, 2.75) is 31.9 Å². The topological polar surface area (TPSA) is 55.5 Å². The Morgan fingerprint density at radius 3 is 2.58 bits per heavy atom. The molecule has 1 aromatic heterocycles. The van der Waals surface area contributed by atoms with Gasteiger partial charge in [-0.05, 0) is 68.5 Å². The molecule has 0 bridgehead atoms. The smallest absolute Gasteiger partial charge is 0.361 e. The van der Waals surface area contributed by atoms with E-state index in [-0.39, 0.29) is 29.8 Å². The number of H-pyrrole nitrogens is 1. The number of aromatic nitrogens is 1. The summed E-state index contributed by atoms with van der Waals surface area (Å²) in [6.45, 7) is 1.57. The quantitative estimate of drug-likeness (QED) is 0.207. The number of hydrogen-bond acceptors (Lipinski definition) is 2. The number of aliphatic imine (C=N–C) groups is 1. The highest BCUT2D eigenvalue weighted by Gasteiger charge is 2.32. The van der Waals surface area contributed by atoms with Crippen molar-refractivity contribution in [2.24, 2.45) is 10.9 Å². The maximum absolute atomic E-state index is 13.5. The number of benzene rings is 1. The number of halogens is 5. The van der Waals surface area contributed by atoms with Crippen LogP contribution in [0.1, 0.15) is 24.8 Å². The summed E-state index contributed by atoms with van der Waals surface area (Å²) in [6.07, 6.45) is 0.993. The van der Waals surface area contributed by atoms with Crippen molar-refractivity contribution in [1.29, 1.82) is 0 Å². The molecular weight excluding hydrogens is 525 g/mol. The van der Waals surface area contributed by atoms with Gasteiger partial charge in [0.05, 0.1) is 6.54 Å². The van der Waals surface area contributed by atoms with Crippen LogP contribution in [0.15, 0.2) is 29.4 Å². The molecule has 0 spiro atoms. The lowest BCUT2D eigenvalue weighted by molar-refractivity contribution is -0.148. The van der Waals surface area contributed by atoms with E-state index in [1.54, 1.807) is 13.1 Å². The summed E-state index contributed by atoms with van der Waals surface area (Å²) in [7, 11) is 1.70. The molecule has 2 heterocycles. The predicted octanol–water partition coefficient (Wildman–Crippen LogP) is 4.30. The Balaban J connectivity index is 0.00000341. The number of guanidine groups is 1. The highest BCUT2D eigenvalue weighted by molar-refractivity contribution is 14.0. The summed E-state index contributed by atoms with van der Waals surface area (Å²) in [6, 6.07) is 4.71. The fraction of sp³-hybridized carbons (Fsp3) is 0.571. The zero-order chi connectivity index (χ0) is 21.6. The Morgan fingerprint density at radius 1 is 1.19 bits per heavy atom. The third-order valence-corrected chi connectivity index (χ3v) is 5.59. The number of fused-ring (bicyclic) bond motifs is 1. The second kappa shape index (κ2) is 11.9. The molecule has 1 aliphatic rings. The first kappa shape index (κ1) is 25.7. The molecule has 10 heteroatoms. The molecule has 5 nitrogen and oxygen atoms in total. The van der Waals surface area contributed by atoms with Gasteiger partial charge in [0, 0.05) is 37.2 Å². The van der Waals surface area contributed by atoms with Crippen molar-refractivity contribution in [1.82, 2.24) is 20.5 Å². The average Bonchev–Trinajstić information content (AvgIpc) is 3.09. The van der Waals surface area contributed by atoms with E-state index in [0.29, 0.717) is 31.5 Å². The van der Waals surface area contributed by atoms with Crippen LogP contribution in [0.2, 0.25) is 0 Å². The Kier molecular flexibility index (Phi) is 9.86. The van der Waals surface area contributed by atoms with E-state index in [1.807, 2.05) is 6.20 Å². The van der Waals surface area contributed by atoms with E-state index in [2.05, 4.69) is 20.6 Å². The van der Waals surface area contributed by atoms with E-state index in [0.717, 1.165) is 48.7 Å². The fourth-order valence-electron chi connectivity index (χ4n) is 3.98. The van der Waals surface area contributed by atoms with Gasteiger partial charge < -0.3 is 15.6 Å². The fourth-order valence-corrected chi connectivity index (χ4v) is 3.98. The van der Waals surface area contributed by atoms with Crippen molar-refractivity contribution in [2.75, 3.05) is 39.8 Å². The number of piperidine rings is 1. The zero-order valence-corrected chi connectivity index (χ0v) is 19.9. The van der Waals surface area contributed by atoms with Crippen LogP contribution < -0.4 is 10.6 Å². The summed E-state index contributed by atoms with van der Waals surface area (Å²) < 4.78 is 50.9. The number of nitrogens with one attached hydrogen (secondary N) is 3. The number of likely N-dealkylation sites (tertiary alicyclic amines) is 1. The molecule has 0 saturated carbocycles. The molecule has 3 N–H and O–H groups in total. The highest BCUT2D eigenvalue weighted by atomic mass is 127. The van der Waals surface area contributed by atoms with Gasteiger partial charge in [-0.2, -0.15) is 13.2 Å². The van der Waals surface area contributed by atoms with E-state index < -0.39 is 12.7 Å². The molecule has 2 aromatic rings. The second-order valence-corrected chi connectivity index (χ2v) is 7.80. The van der Waals surface area contributed by atoms with Crippen LogP contribution in [0.3, 0.4) is 0 Å². The second-order valence-electron chi connectivity index (χ2n) is 7.80. The van der Waals surface area contributed by atoms with Gasteiger partial charge in [-0.15, -0.1) is 24.0 Å². The molecule has 3 rings (SSSR count). The van der Waals surface area contributed by atoms with Gasteiger partial charge in [0.2, 0.25) is 0 Å². The van der Waals surface area contributed by atoms with Crippen molar-refractivity contribution >= 4 is 40.8 Å². The number of nitrogens with zero attached hydrogens (tertiary/aromatic N) is 2. The van der Waals surface area contributed by atoms with Crippen LogP contribution >= 0.6 is 24.0 Å². The number of alkyl halides is 3. The molecule has 1 aromatic carbocycles. The molecule has 1 aliphatic heterocycles. The van der Waals surface area contributed by atoms with Gasteiger partial charge in [-0.1, -0.05) is 0 Å². The van der Waals surface area contributed by atoms with Crippen LogP contribution in [0.4, 0.5) is 17.6 Å². The van der Waals surface area contributed by atoms with Gasteiger partial charge in [0.15, 0.2) is 5.96 Å². The number of aromatic amines is 1. The molecule has 0 amide bonds. The van der Waals surface area contributed by atoms with Crippen molar-refractivity contribution < 1.29 is 17.6 Å². The van der Waals surface area contributed by atoms with E-state index >= 15 is 0 Å². The maximum atomic E-state index is 13.5. The molecule has 1 fully saturated rings. The molecule has 1 saturated heterocycles. The Morgan fingerprint density at radius 2 is 1.90 bits per heavy atom. The van der Waals surface area contributed by atoms with Gasteiger partial charge >= 0.3 is 6.18 Å². The minimum atomic E-state index is -4.12. The van der Waals surface area contributed by atoms with E-state index in [4.69, 9.17) is 0 Å². The van der Waals surface area contributed by atoms with Crippen molar-refractivity contribution in [3.8, 4) is 0 Å². The number of hydrogen-bond donors (Lipinski definition) is 3. The van der Waals surface area contributed by atoms with Crippen molar-refractivity contribution in [3.63, 3.8) is 0 Å². The molecule has 31 heavy (non-hydrogen) atoms. The Labute approximate surface area is 197 Å². The summed E-state index contributed by atoms with van der Waals surface area (Å²) in [5.41, 5.74) is 1.95. The van der Waals surface area contributed by atoms with E-state index in [1.165, 1.54) is 17.0 Å². The highest BCUT2D eigenvalue weighted by Crippen LogP contribution is 2.24. The van der Waals surface area contributed by atoms with Crippen LogP contribution in [-0.4, -0.2) is 61.8 Å². The first-order valence-corrected chi connectivity index (χ1v) is 10.3. The monoisotopic (exact) mass is 555 g/mol. The van der Waals surface area contributed by atoms with Crippen LogP contribution in [0, 0.1) is 11.7 Å². The zero-order valence-electron chi connectivity index (χ0n) is 17.6. The van der Waals surface area contributed by atoms with Crippen molar-refractivity contribution in [3.05, 3.63) is 35.8 Å². The SMILES string of the molecule is CN=C(NCCc1c[nH]c2ccc(F)cc12)NCCC1CCN(CC(F)(F)F)CC1.I. The standard InChI is InChI=1S/C21H29F4N5.HI/c1-26-20(27-8-4-15-6-10-30(11-7-15)14-21(23,24)25)28-9-5-16-13-29-19-3-2-17(22)12-18(16)19;/h2-3,12-13,15,29H,4-11,14H2,1H3,(H2,26,27,28);1H. The maximum Gasteiger partial charge on any atom is 0.401 e. The molecule has 0 radical (unpaired) electrons. The average molecular weight is 555 g/mol. The van der Waals surface area contributed by atoms with Crippen LogP contribution in [-0.2, 0) is 6.42 Å². The van der Waals surface area contributed by atoms with Crippen LogP contribution in [0.5, 0.6) is 0 Å². The Bertz CT molecular complexity index is 844. The Hall–Kier alpha value is -1.56. The number of rotatable bonds is 7. The summed E-state index contributed by atoms with van der Waals surface area (Å²) >= 11 is 0. The lowest BCUT2D eigenvalue weighted by Gasteiger charge is -2.32. The van der Waals surface area contributed by atoms with E-state index in [9.17, 15) is 17.6 Å². The summed E-state index contributed by atoms with van der Waals surface area (Å²) in [4.78, 5) is 8.85. The predicted molar refractivity (Wildman–Crippen MR) is 127 cm³/mol. The third kappa shape index (κ3) is 8.13. The molecule has 174 valence electrons. The molecule has 0 aliphatic carbocycles. The van der Waals surface area contributed by atoms with Gasteiger partial charge in [-0.3, -0.25) is 9.89 Å². The van der Waals surface area contributed by atoms with Gasteiger partial charge in [0.25, 0.3) is 0 Å². The third-order valence-electron chi connectivity index (χ3n) is 5.59. The molecular formula is C21H30F4IN5. The normalized spacial score (nSPS) is 16.4. The lowest BCUT2D eigenvalue weighted by Crippen LogP contribution is -2.42. The summed E-state index contributed by atoms with van der Waals surface area (Å²) in [5.74, 6) is 0.870. The van der Waals surface area contributed by atoms with Gasteiger partial charge in [-0.25, -0.2) is 4.39 Å². The first-order chi connectivity index (χ1) is 14.3. The van der Waals surface area contributed by atoms with Crippen LogP contribution in [0.25, 0.3) is 10.9 Å². The molecule has 0 unspecified atom stereocenters.